The van der Waals surface area contributed by atoms with Crippen LogP contribution in [0.3, 0.4) is 0 Å². The number of aryl methyl sites for hydroxylation is 1. The molecule has 1 aliphatic carbocycles. The van der Waals surface area contributed by atoms with Gasteiger partial charge in [-0.25, -0.2) is 4.98 Å². The summed E-state index contributed by atoms with van der Waals surface area (Å²) in [5, 5.41) is 3.22. The third kappa shape index (κ3) is 5.24. The van der Waals surface area contributed by atoms with Crippen LogP contribution in [-0.2, 0) is 0 Å². The lowest BCUT2D eigenvalue weighted by atomic mass is 9.75. The minimum Gasteiger partial charge on any atom is -0.348 e. The summed E-state index contributed by atoms with van der Waals surface area (Å²) in [6.07, 6.45) is 4.34. The van der Waals surface area contributed by atoms with Crippen LogP contribution in [0.2, 0.25) is 0 Å². The van der Waals surface area contributed by atoms with E-state index in [9.17, 15) is 4.79 Å². The molecule has 0 bridgehead atoms. The summed E-state index contributed by atoms with van der Waals surface area (Å²) in [4.78, 5) is 17.9. The summed E-state index contributed by atoms with van der Waals surface area (Å²) in [6.45, 7) is 6.69. The predicted molar refractivity (Wildman–Crippen MR) is 131 cm³/mol. The maximum atomic E-state index is 13.0. The van der Waals surface area contributed by atoms with E-state index in [2.05, 4.69) is 78.4 Å². The topological polar surface area (TPSA) is 42.0 Å². The van der Waals surface area contributed by atoms with Crippen molar-refractivity contribution in [1.82, 2.24) is 10.3 Å². The Morgan fingerprint density at radius 3 is 2.19 bits per heavy atom. The molecule has 31 heavy (non-hydrogen) atoms. The first-order valence-electron chi connectivity index (χ1n) is 11.0. The van der Waals surface area contributed by atoms with E-state index in [1.54, 1.807) is 0 Å². The number of benzene rings is 2. The fraction of sp³-hybridized carbons (Fsp3) is 0.333. The van der Waals surface area contributed by atoms with Gasteiger partial charge in [0.2, 0.25) is 0 Å². The van der Waals surface area contributed by atoms with E-state index in [1.807, 2.05) is 24.3 Å². The lowest BCUT2D eigenvalue weighted by Crippen LogP contribution is -2.39. The van der Waals surface area contributed by atoms with Gasteiger partial charge in [0.1, 0.15) is 5.69 Å². The molecular formula is C27H29BrN2O. The highest BCUT2D eigenvalue weighted by Crippen LogP contribution is 2.35. The van der Waals surface area contributed by atoms with E-state index in [0.717, 1.165) is 52.5 Å². The van der Waals surface area contributed by atoms with Crippen LogP contribution in [0.25, 0.3) is 22.4 Å². The molecule has 1 heterocycles. The number of carbonyl (C=O) groups is 1. The van der Waals surface area contributed by atoms with Gasteiger partial charge in [0.25, 0.3) is 5.91 Å². The van der Waals surface area contributed by atoms with Crippen LogP contribution in [0.1, 0.15) is 55.6 Å². The molecule has 1 fully saturated rings. The molecule has 0 unspecified atom stereocenters. The van der Waals surface area contributed by atoms with E-state index in [4.69, 9.17) is 4.98 Å². The SMILES string of the molecule is Cc1ccc(-c2nc(C(=O)NC3CCC(C)(C)CC3)ccc2-c2ccc(Br)cc2)cc1. The van der Waals surface area contributed by atoms with Crippen LogP contribution < -0.4 is 5.32 Å². The zero-order chi connectivity index (χ0) is 22.0. The highest BCUT2D eigenvalue weighted by atomic mass is 79.9. The van der Waals surface area contributed by atoms with E-state index < -0.39 is 0 Å². The summed E-state index contributed by atoms with van der Waals surface area (Å²) in [5.74, 6) is -0.0829. The predicted octanol–water partition coefficient (Wildman–Crippen LogP) is 7.19. The molecule has 3 nitrogen and oxygen atoms in total. The Balaban J connectivity index is 1.65. The molecule has 2 aromatic carbocycles. The van der Waals surface area contributed by atoms with Crippen molar-refractivity contribution in [3.63, 3.8) is 0 Å². The van der Waals surface area contributed by atoms with Gasteiger partial charge >= 0.3 is 0 Å². The average molecular weight is 477 g/mol. The van der Waals surface area contributed by atoms with Gasteiger partial charge in [0.05, 0.1) is 5.69 Å². The van der Waals surface area contributed by atoms with Crippen molar-refractivity contribution in [2.24, 2.45) is 5.41 Å². The number of nitrogens with one attached hydrogen (secondary N) is 1. The summed E-state index contributed by atoms with van der Waals surface area (Å²) in [5.41, 5.74) is 5.99. The quantitative estimate of drug-likeness (QED) is 0.432. The summed E-state index contributed by atoms with van der Waals surface area (Å²) in [6, 6.07) is 20.6. The monoisotopic (exact) mass is 476 g/mol. The number of aromatic nitrogens is 1. The molecule has 1 aliphatic rings. The lowest BCUT2D eigenvalue weighted by molar-refractivity contribution is 0.0904. The smallest absolute Gasteiger partial charge is 0.270 e. The van der Waals surface area contributed by atoms with Crippen LogP contribution in [-0.4, -0.2) is 16.9 Å². The molecule has 0 spiro atoms. The zero-order valence-corrected chi connectivity index (χ0v) is 20.0. The molecule has 3 aromatic rings. The normalized spacial score (nSPS) is 16.1. The number of amides is 1. The van der Waals surface area contributed by atoms with E-state index in [-0.39, 0.29) is 11.9 Å². The first-order valence-corrected chi connectivity index (χ1v) is 11.7. The Bertz CT molecular complexity index is 1060. The van der Waals surface area contributed by atoms with Gasteiger partial charge in [-0.05, 0) is 67.9 Å². The maximum absolute atomic E-state index is 13.0. The van der Waals surface area contributed by atoms with Crippen molar-refractivity contribution in [2.75, 3.05) is 0 Å². The fourth-order valence-electron chi connectivity index (χ4n) is 4.18. The van der Waals surface area contributed by atoms with Crippen LogP contribution >= 0.6 is 15.9 Å². The third-order valence-corrected chi connectivity index (χ3v) is 6.81. The van der Waals surface area contributed by atoms with Crippen molar-refractivity contribution in [1.29, 1.82) is 0 Å². The fourth-order valence-corrected chi connectivity index (χ4v) is 4.45. The van der Waals surface area contributed by atoms with E-state index >= 15 is 0 Å². The lowest BCUT2D eigenvalue weighted by Gasteiger charge is -2.34. The number of nitrogens with zero attached hydrogens (tertiary/aromatic N) is 1. The Labute approximate surface area is 193 Å². The van der Waals surface area contributed by atoms with Gasteiger partial charge in [-0.3, -0.25) is 4.79 Å². The number of hydrogen-bond acceptors (Lipinski definition) is 2. The second-order valence-corrected chi connectivity index (χ2v) is 10.3. The summed E-state index contributed by atoms with van der Waals surface area (Å²) >= 11 is 3.51. The van der Waals surface area contributed by atoms with Gasteiger partial charge in [0, 0.05) is 21.6 Å². The van der Waals surface area contributed by atoms with Gasteiger partial charge < -0.3 is 5.32 Å². The van der Waals surface area contributed by atoms with E-state index in [1.165, 1.54) is 5.56 Å². The molecule has 4 rings (SSSR count). The molecule has 4 heteroatoms. The largest absolute Gasteiger partial charge is 0.348 e. The zero-order valence-electron chi connectivity index (χ0n) is 18.4. The summed E-state index contributed by atoms with van der Waals surface area (Å²) < 4.78 is 1.03. The number of carbonyl (C=O) groups excluding carboxylic acids is 1. The van der Waals surface area contributed by atoms with Crippen molar-refractivity contribution in [3.05, 3.63) is 76.4 Å². The Morgan fingerprint density at radius 1 is 0.935 bits per heavy atom. The minimum atomic E-state index is -0.0829. The molecule has 160 valence electrons. The Morgan fingerprint density at radius 2 is 1.55 bits per heavy atom. The van der Waals surface area contributed by atoms with Crippen LogP contribution in [0.15, 0.2) is 65.1 Å². The molecule has 1 amide bonds. The molecule has 0 atom stereocenters. The number of hydrogen-bond donors (Lipinski definition) is 1. The molecule has 1 saturated carbocycles. The van der Waals surface area contributed by atoms with Crippen molar-refractivity contribution < 1.29 is 4.79 Å². The van der Waals surface area contributed by atoms with Crippen molar-refractivity contribution in [3.8, 4) is 22.4 Å². The molecule has 0 aliphatic heterocycles. The molecular weight excluding hydrogens is 448 g/mol. The molecule has 0 saturated heterocycles. The molecule has 0 radical (unpaired) electrons. The molecule has 1 N–H and O–H groups in total. The van der Waals surface area contributed by atoms with Crippen LogP contribution in [0.5, 0.6) is 0 Å². The Hall–Kier alpha value is -2.46. The maximum Gasteiger partial charge on any atom is 0.270 e. The van der Waals surface area contributed by atoms with Crippen molar-refractivity contribution in [2.45, 2.75) is 52.5 Å². The number of halogens is 1. The minimum absolute atomic E-state index is 0.0829. The average Bonchev–Trinajstić information content (AvgIpc) is 2.76. The standard InChI is InChI=1S/C27H29BrN2O/c1-18-4-6-20(7-5-18)25-23(19-8-10-21(28)11-9-19)12-13-24(30-25)26(31)29-22-14-16-27(2,3)17-15-22/h4-13,22H,14-17H2,1-3H3,(H,29,31). The second-order valence-electron chi connectivity index (χ2n) is 9.38. The van der Waals surface area contributed by atoms with Gasteiger partial charge in [-0.15, -0.1) is 0 Å². The van der Waals surface area contributed by atoms with Crippen LogP contribution in [0.4, 0.5) is 0 Å². The first kappa shape index (κ1) is 21.8. The first-order chi connectivity index (χ1) is 14.8. The Kier molecular flexibility index (Phi) is 6.29. The van der Waals surface area contributed by atoms with Gasteiger partial charge in [0.15, 0.2) is 0 Å². The number of rotatable bonds is 4. The number of pyridine rings is 1. The van der Waals surface area contributed by atoms with Crippen LogP contribution in [0, 0.1) is 12.3 Å². The van der Waals surface area contributed by atoms with Crippen molar-refractivity contribution >= 4 is 21.8 Å². The van der Waals surface area contributed by atoms with Gasteiger partial charge in [-0.2, -0.15) is 0 Å². The second kappa shape index (κ2) is 8.96. The summed E-state index contributed by atoms with van der Waals surface area (Å²) in [7, 11) is 0. The third-order valence-electron chi connectivity index (χ3n) is 6.28. The highest BCUT2D eigenvalue weighted by molar-refractivity contribution is 9.10. The van der Waals surface area contributed by atoms with E-state index in [0.29, 0.717) is 11.1 Å². The molecule has 1 aromatic heterocycles. The highest BCUT2D eigenvalue weighted by Gasteiger charge is 2.28. The van der Waals surface area contributed by atoms with Gasteiger partial charge in [-0.1, -0.05) is 71.7 Å².